The van der Waals surface area contributed by atoms with Crippen molar-refractivity contribution in [2.24, 2.45) is 0 Å². The quantitative estimate of drug-likeness (QED) is 0.350. The topological polar surface area (TPSA) is 27.7 Å². The minimum atomic E-state index is 0.193. The van der Waals surface area contributed by atoms with Gasteiger partial charge in [0.25, 0.3) is 0 Å². The van der Waals surface area contributed by atoms with Gasteiger partial charge < -0.3 is 0 Å². The standard InChI is InChI=1S/C25H22O3Se/c1-26-20-10-4-17(5-11-20)23-16-24(18-6-12-21(27-2)13-7-18)29-25(23)19-8-14-22(28-3)15-9-19/h4-16H,1-3H3. The Labute approximate surface area is 177 Å². The molecule has 0 aliphatic carbocycles. The molecular weight excluding hydrogens is 427 g/mol. The van der Waals surface area contributed by atoms with E-state index in [9.17, 15) is 0 Å². The van der Waals surface area contributed by atoms with E-state index in [1.54, 1.807) is 21.3 Å². The number of rotatable bonds is 6. The van der Waals surface area contributed by atoms with Crippen molar-refractivity contribution < 1.29 is 14.2 Å². The van der Waals surface area contributed by atoms with Crippen molar-refractivity contribution in [3.8, 4) is 48.4 Å². The molecule has 0 spiro atoms. The van der Waals surface area contributed by atoms with E-state index in [1.807, 2.05) is 36.4 Å². The van der Waals surface area contributed by atoms with Crippen LogP contribution in [-0.2, 0) is 0 Å². The fraction of sp³-hybridized carbons (Fsp3) is 0.120. The summed E-state index contributed by atoms with van der Waals surface area (Å²) in [5.74, 6) is 2.61. The second-order valence-electron chi connectivity index (χ2n) is 6.54. The Morgan fingerprint density at radius 3 is 1.38 bits per heavy atom. The van der Waals surface area contributed by atoms with Gasteiger partial charge in [0.1, 0.15) is 0 Å². The van der Waals surface area contributed by atoms with E-state index in [0.29, 0.717) is 0 Å². The molecule has 0 N–H and O–H groups in total. The molecule has 146 valence electrons. The van der Waals surface area contributed by atoms with E-state index in [2.05, 4.69) is 42.5 Å². The van der Waals surface area contributed by atoms with Gasteiger partial charge in [-0.3, -0.25) is 0 Å². The molecule has 4 heteroatoms. The first-order chi connectivity index (χ1) is 14.2. The number of hydrogen-bond acceptors (Lipinski definition) is 3. The van der Waals surface area contributed by atoms with Gasteiger partial charge in [-0.2, -0.15) is 0 Å². The zero-order valence-electron chi connectivity index (χ0n) is 16.6. The predicted octanol–water partition coefficient (Wildman–Crippen LogP) is 5.77. The van der Waals surface area contributed by atoms with Gasteiger partial charge in [-0.15, -0.1) is 0 Å². The van der Waals surface area contributed by atoms with Gasteiger partial charge in [0.05, 0.1) is 0 Å². The van der Waals surface area contributed by atoms with Crippen LogP contribution in [0.3, 0.4) is 0 Å². The summed E-state index contributed by atoms with van der Waals surface area (Å²) in [6, 6.07) is 27.2. The van der Waals surface area contributed by atoms with Crippen LogP contribution in [0.5, 0.6) is 17.2 Å². The van der Waals surface area contributed by atoms with E-state index in [4.69, 9.17) is 14.2 Å². The molecule has 3 nitrogen and oxygen atoms in total. The van der Waals surface area contributed by atoms with Gasteiger partial charge >= 0.3 is 177 Å². The Morgan fingerprint density at radius 1 is 0.517 bits per heavy atom. The number of ether oxygens (including phenoxy) is 3. The van der Waals surface area contributed by atoms with Crippen LogP contribution >= 0.6 is 0 Å². The van der Waals surface area contributed by atoms with Crippen LogP contribution in [0.25, 0.3) is 31.1 Å². The second kappa shape index (κ2) is 8.60. The van der Waals surface area contributed by atoms with Crippen molar-refractivity contribution in [1.82, 2.24) is 0 Å². The molecule has 0 saturated heterocycles. The summed E-state index contributed by atoms with van der Waals surface area (Å²) >= 11 is 0.193. The molecule has 1 heterocycles. The van der Waals surface area contributed by atoms with E-state index >= 15 is 0 Å². The second-order valence-corrected chi connectivity index (χ2v) is 8.75. The van der Waals surface area contributed by atoms with Crippen LogP contribution in [0.4, 0.5) is 0 Å². The van der Waals surface area contributed by atoms with Gasteiger partial charge in [0.15, 0.2) is 0 Å². The maximum absolute atomic E-state index is 5.33. The molecule has 4 aromatic rings. The molecule has 0 saturated carbocycles. The van der Waals surface area contributed by atoms with Crippen molar-refractivity contribution >= 4 is 14.5 Å². The van der Waals surface area contributed by atoms with Gasteiger partial charge in [0, 0.05) is 0 Å². The molecule has 0 aliphatic heterocycles. The molecule has 0 amide bonds. The number of methoxy groups -OCH3 is 3. The van der Waals surface area contributed by atoms with Crippen molar-refractivity contribution in [3.05, 3.63) is 78.9 Å². The summed E-state index contributed by atoms with van der Waals surface area (Å²) in [6.07, 6.45) is 0. The van der Waals surface area contributed by atoms with Crippen molar-refractivity contribution in [3.63, 3.8) is 0 Å². The third kappa shape index (κ3) is 4.09. The molecule has 3 aromatic carbocycles. The van der Waals surface area contributed by atoms with Crippen molar-refractivity contribution in [2.75, 3.05) is 21.3 Å². The summed E-state index contributed by atoms with van der Waals surface area (Å²) in [5.41, 5.74) is 4.93. The third-order valence-electron chi connectivity index (χ3n) is 4.86. The Hall–Kier alpha value is -2.94. The summed E-state index contributed by atoms with van der Waals surface area (Å²) < 4.78 is 18.7. The van der Waals surface area contributed by atoms with Crippen LogP contribution < -0.4 is 14.2 Å². The summed E-state index contributed by atoms with van der Waals surface area (Å²) in [6.45, 7) is 0. The average molecular weight is 449 g/mol. The minimum absolute atomic E-state index is 0.193. The zero-order valence-corrected chi connectivity index (χ0v) is 18.4. The average Bonchev–Trinajstić information content (AvgIpc) is 3.24. The van der Waals surface area contributed by atoms with E-state index in [1.165, 1.54) is 31.1 Å². The molecule has 4 rings (SSSR count). The molecular formula is C25H22O3Se. The molecule has 0 radical (unpaired) electrons. The SMILES string of the molecule is COc1ccc(-c2cc(-c3ccc(OC)cc3)c(-c3ccc(OC)cc3)[se]2)cc1. The summed E-state index contributed by atoms with van der Waals surface area (Å²) in [7, 11) is 5.08. The fourth-order valence-electron chi connectivity index (χ4n) is 3.23. The Morgan fingerprint density at radius 2 is 0.931 bits per heavy atom. The predicted molar refractivity (Wildman–Crippen MR) is 119 cm³/mol. The normalized spacial score (nSPS) is 10.6. The first kappa shape index (κ1) is 19.4. The molecule has 0 atom stereocenters. The summed E-state index contributed by atoms with van der Waals surface area (Å²) in [4.78, 5) is 0. The van der Waals surface area contributed by atoms with Gasteiger partial charge in [-0.25, -0.2) is 0 Å². The molecule has 1 aromatic heterocycles. The third-order valence-corrected chi connectivity index (χ3v) is 7.45. The van der Waals surface area contributed by atoms with Crippen LogP contribution in [-0.4, -0.2) is 35.8 Å². The van der Waals surface area contributed by atoms with Crippen molar-refractivity contribution in [1.29, 1.82) is 0 Å². The summed E-state index contributed by atoms with van der Waals surface area (Å²) in [5, 5.41) is 0. The molecule has 29 heavy (non-hydrogen) atoms. The first-order valence-corrected chi connectivity index (χ1v) is 11.0. The van der Waals surface area contributed by atoms with Gasteiger partial charge in [-0.1, -0.05) is 0 Å². The Kier molecular flexibility index (Phi) is 5.75. The Balaban J connectivity index is 1.82. The monoisotopic (exact) mass is 450 g/mol. The molecule has 0 fully saturated rings. The van der Waals surface area contributed by atoms with Crippen LogP contribution in [0, 0.1) is 0 Å². The number of hydrogen-bond donors (Lipinski definition) is 0. The van der Waals surface area contributed by atoms with Gasteiger partial charge in [0.2, 0.25) is 0 Å². The fourth-order valence-corrected chi connectivity index (χ4v) is 5.73. The van der Waals surface area contributed by atoms with Crippen LogP contribution in [0.1, 0.15) is 0 Å². The van der Waals surface area contributed by atoms with Crippen LogP contribution in [0.15, 0.2) is 78.9 Å². The molecule has 0 bridgehead atoms. The molecule has 0 aliphatic rings. The zero-order chi connectivity index (χ0) is 20.2. The van der Waals surface area contributed by atoms with E-state index in [0.717, 1.165) is 17.2 Å². The number of benzene rings is 3. The van der Waals surface area contributed by atoms with E-state index < -0.39 is 0 Å². The van der Waals surface area contributed by atoms with Crippen molar-refractivity contribution in [2.45, 2.75) is 0 Å². The maximum atomic E-state index is 5.33. The van der Waals surface area contributed by atoms with Gasteiger partial charge in [-0.05, 0) is 0 Å². The molecule has 0 unspecified atom stereocenters. The first-order valence-electron chi connectivity index (χ1n) is 9.29. The Bertz CT molecular complexity index is 1010. The van der Waals surface area contributed by atoms with E-state index in [-0.39, 0.29) is 14.5 Å². The van der Waals surface area contributed by atoms with Crippen LogP contribution in [0.2, 0.25) is 0 Å².